The molecule has 1 unspecified atom stereocenters. The van der Waals surface area contributed by atoms with Gasteiger partial charge in [-0.3, -0.25) is 4.79 Å². The van der Waals surface area contributed by atoms with E-state index in [1.807, 2.05) is 0 Å². The molecule has 4 N–H and O–H groups in total. The zero-order valence-electron chi connectivity index (χ0n) is 12.1. The molecule has 1 aromatic carbocycles. The zero-order chi connectivity index (χ0) is 15.5. The van der Waals surface area contributed by atoms with Crippen LogP contribution in [0.1, 0.15) is 25.0 Å². The molecule has 0 aliphatic heterocycles. The average molecular weight is 299 g/mol. The van der Waals surface area contributed by atoms with Crippen molar-refractivity contribution in [2.24, 2.45) is 0 Å². The summed E-state index contributed by atoms with van der Waals surface area (Å²) in [6, 6.07) is 2.59. The van der Waals surface area contributed by atoms with Crippen molar-refractivity contribution >= 4 is 21.6 Å². The van der Waals surface area contributed by atoms with Gasteiger partial charge in [0, 0.05) is 6.54 Å². The molecule has 0 aromatic heterocycles. The standard InChI is InChI=1S/C13H21N3O3S/c1-5-15-13(17)10(4)16-20(18,19)12-9(3)7-6-8(2)11(12)14/h6-7,10,16H,5,14H2,1-4H3,(H,15,17). The van der Waals surface area contributed by atoms with Crippen LogP contribution >= 0.6 is 0 Å². The summed E-state index contributed by atoms with van der Waals surface area (Å²) < 4.78 is 27.1. The molecule has 0 spiro atoms. The summed E-state index contributed by atoms with van der Waals surface area (Å²) in [6.45, 7) is 7.10. The highest BCUT2D eigenvalue weighted by Crippen LogP contribution is 2.25. The van der Waals surface area contributed by atoms with Crippen LogP contribution in [-0.2, 0) is 14.8 Å². The number of carbonyl (C=O) groups is 1. The Morgan fingerprint density at radius 2 is 1.85 bits per heavy atom. The Labute approximate surface area is 119 Å². The Bertz CT molecular complexity index is 612. The van der Waals surface area contributed by atoms with Crippen LogP contribution in [0.25, 0.3) is 0 Å². The summed E-state index contributed by atoms with van der Waals surface area (Å²) in [4.78, 5) is 11.7. The lowest BCUT2D eigenvalue weighted by atomic mass is 10.1. The number of rotatable bonds is 5. The van der Waals surface area contributed by atoms with Crippen molar-refractivity contribution in [3.63, 3.8) is 0 Å². The van der Waals surface area contributed by atoms with E-state index in [1.165, 1.54) is 6.92 Å². The highest BCUT2D eigenvalue weighted by molar-refractivity contribution is 7.89. The molecule has 7 heteroatoms. The number of nitrogens with two attached hydrogens (primary N) is 1. The fourth-order valence-corrected chi connectivity index (χ4v) is 3.47. The SMILES string of the molecule is CCNC(=O)C(C)NS(=O)(=O)c1c(C)ccc(C)c1N. The van der Waals surface area contributed by atoms with Crippen LogP contribution in [0.2, 0.25) is 0 Å². The van der Waals surface area contributed by atoms with E-state index in [2.05, 4.69) is 10.0 Å². The largest absolute Gasteiger partial charge is 0.397 e. The van der Waals surface area contributed by atoms with E-state index < -0.39 is 16.1 Å². The first-order valence-electron chi connectivity index (χ1n) is 6.36. The number of likely N-dealkylation sites (N-methyl/N-ethyl adjacent to an activating group) is 1. The Kier molecular flexibility index (Phi) is 5.13. The molecule has 20 heavy (non-hydrogen) atoms. The molecule has 0 heterocycles. The molecule has 1 atom stereocenters. The number of aryl methyl sites for hydroxylation is 2. The third kappa shape index (κ3) is 3.49. The smallest absolute Gasteiger partial charge is 0.243 e. The first-order valence-corrected chi connectivity index (χ1v) is 7.84. The van der Waals surface area contributed by atoms with Crippen LogP contribution in [0, 0.1) is 13.8 Å². The van der Waals surface area contributed by atoms with Gasteiger partial charge in [-0.1, -0.05) is 12.1 Å². The summed E-state index contributed by atoms with van der Waals surface area (Å²) >= 11 is 0. The second-order valence-electron chi connectivity index (χ2n) is 4.68. The second-order valence-corrected chi connectivity index (χ2v) is 6.33. The Hall–Kier alpha value is -1.60. The van der Waals surface area contributed by atoms with E-state index >= 15 is 0 Å². The fraction of sp³-hybridized carbons (Fsp3) is 0.462. The Morgan fingerprint density at radius 1 is 1.30 bits per heavy atom. The lowest BCUT2D eigenvalue weighted by molar-refractivity contribution is -0.122. The van der Waals surface area contributed by atoms with Gasteiger partial charge in [0.25, 0.3) is 0 Å². The third-order valence-electron chi connectivity index (χ3n) is 2.96. The quantitative estimate of drug-likeness (QED) is 0.696. The normalized spacial score (nSPS) is 13.0. The number of carbonyl (C=O) groups excluding carboxylic acids is 1. The maximum atomic E-state index is 12.4. The van der Waals surface area contributed by atoms with Crippen molar-refractivity contribution in [2.75, 3.05) is 12.3 Å². The van der Waals surface area contributed by atoms with Crippen LogP contribution in [0.5, 0.6) is 0 Å². The maximum Gasteiger partial charge on any atom is 0.243 e. The predicted molar refractivity (Wildman–Crippen MR) is 78.8 cm³/mol. The van der Waals surface area contributed by atoms with Crippen LogP contribution in [0.4, 0.5) is 5.69 Å². The molecule has 6 nitrogen and oxygen atoms in total. The van der Waals surface area contributed by atoms with Crippen molar-refractivity contribution < 1.29 is 13.2 Å². The molecule has 1 amide bonds. The van der Waals surface area contributed by atoms with E-state index in [0.717, 1.165) is 0 Å². The maximum absolute atomic E-state index is 12.4. The van der Waals surface area contributed by atoms with Gasteiger partial charge in [0.05, 0.1) is 11.7 Å². The number of sulfonamides is 1. The molecule has 1 aromatic rings. The van der Waals surface area contributed by atoms with Crippen molar-refractivity contribution in [2.45, 2.75) is 38.6 Å². The molecule has 1 rings (SSSR count). The molecule has 0 radical (unpaired) electrons. The third-order valence-corrected chi connectivity index (χ3v) is 4.70. The Balaban J connectivity index is 3.13. The zero-order valence-corrected chi connectivity index (χ0v) is 13.0. The number of hydrogen-bond acceptors (Lipinski definition) is 4. The number of anilines is 1. The highest BCUT2D eigenvalue weighted by atomic mass is 32.2. The number of benzene rings is 1. The summed E-state index contributed by atoms with van der Waals surface area (Å²) in [5.41, 5.74) is 7.30. The highest BCUT2D eigenvalue weighted by Gasteiger charge is 2.25. The molecule has 0 saturated carbocycles. The molecular weight excluding hydrogens is 278 g/mol. The van der Waals surface area contributed by atoms with E-state index in [4.69, 9.17) is 5.73 Å². The van der Waals surface area contributed by atoms with Crippen LogP contribution < -0.4 is 15.8 Å². The van der Waals surface area contributed by atoms with Crippen molar-refractivity contribution in [3.05, 3.63) is 23.3 Å². The van der Waals surface area contributed by atoms with Gasteiger partial charge in [-0.05, 0) is 38.8 Å². The van der Waals surface area contributed by atoms with Crippen LogP contribution in [-0.4, -0.2) is 26.9 Å². The van der Waals surface area contributed by atoms with Crippen molar-refractivity contribution in [3.8, 4) is 0 Å². The summed E-state index contributed by atoms with van der Waals surface area (Å²) in [5, 5.41) is 2.56. The van der Waals surface area contributed by atoms with E-state index in [-0.39, 0.29) is 16.5 Å². The summed E-state index contributed by atoms with van der Waals surface area (Å²) in [7, 11) is -3.84. The first kappa shape index (κ1) is 16.5. The topological polar surface area (TPSA) is 101 Å². The van der Waals surface area contributed by atoms with Gasteiger partial charge in [0.15, 0.2) is 0 Å². The van der Waals surface area contributed by atoms with Gasteiger partial charge in [0.2, 0.25) is 15.9 Å². The fourth-order valence-electron chi connectivity index (χ4n) is 1.84. The minimum absolute atomic E-state index is 0.0358. The van der Waals surface area contributed by atoms with Crippen LogP contribution in [0.3, 0.4) is 0 Å². The molecule has 0 bridgehead atoms. The van der Waals surface area contributed by atoms with Crippen molar-refractivity contribution in [1.82, 2.24) is 10.0 Å². The first-order chi connectivity index (χ1) is 9.20. The van der Waals surface area contributed by atoms with Gasteiger partial charge >= 0.3 is 0 Å². The number of hydrogen-bond donors (Lipinski definition) is 3. The predicted octanol–water partition coefficient (Wildman–Crippen LogP) is 0.689. The van der Waals surface area contributed by atoms with Gasteiger partial charge in [0.1, 0.15) is 4.90 Å². The van der Waals surface area contributed by atoms with E-state index in [1.54, 1.807) is 32.9 Å². The summed E-state index contributed by atoms with van der Waals surface area (Å²) in [5.74, 6) is -0.375. The molecule has 0 fully saturated rings. The molecule has 0 aliphatic carbocycles. The lowest BCUT2D eigenvalue weighted by Crippen LogP contribution is -2.44. The van der Waals surface area contributed by atoms with Crippen molar-refractivity contribution in [1.29, 1.82) is 0 Å². The van der Waals surface area contributed by atoms with E-state index in [0.29, 0.717) is 17.7 Å². The van der Waals surface area contributed by atoms with E-state index in [9.17, 15) is 13.2 Å². The van der Waals surface area contributed by atoms with Gasteiger partial charge in [-0.25, -0.2) is 8.42 Å². The van der Waals surface area contributed by atoms with Gasteiger partial charge in [-0.2, -0.15) is 4.72 Å². The summed E-state index contributed by atoms with van der Waals surface area (Å²) in [6.07, 6.45) is 0. The van der Waals surface area contributed by atoms with Gasteiger partial charge < -0.3 is 11.1 Å². The number of nitrogen functional groups attached to an aromatic ring is 1. The molecule has 0 aliphatic rings. The minimum Gasteiger partial charge on any atom is -0.397 e. The lowest BCUT2D eigenvalue weighted by Gasteiger charge is -2.17. The average Bonchev–Trinajstić information content (AvgIpc) is 2.33. The van der Waals surface area contributed by atoms with Crippen LogP contribution in [0.15, 0.2) is 17.0 Å². The minimum atomic E-state index is -3.84. The molecular formula is C13H21N3O3S. The number of nitrogens with one attached hydrogen (secondary N) is 2. The Morgan fingerprint density at radius 3 is 2.40 bits per heavy atom. The molecule has 112 valence electrons. The monoisotopic (exact) mass is 299 g/mol. The molecule has 0 saturated heterocycles. The van der Waals surface area contributed by atoms with Gasteiger partial charge in [-0.15, -0.1) is 0 Å². The second kappa shape index (κ2) is 6.23. The number of amides is 1.